The molecule has 0 bridgehead atoms. The number of carbonyl (C=O) groups is 1. The summed E-state index contributed by atoms with van der Waals surface area (Å²) < 4.78 is 5.27. The lowest BCUT2D eigenvalue weighted by Crippen LogP contribution is -2.33. The molecule has 0 aliphatic carbocycles. The Kier molecular flexibility index (Phi) is 4.67. The molecule has 2 heterocycles. The highest BCUT2D eigenvalue weighted by Crippen LogP contribution is 2.22. The Bertz CT molecular complexity index is 587. The third kappa shape index (κ3) is 3.65. The van der Waals surface area contributed by atoms with E-state index < -0.39 is 0 Å². The second-order valence-electron chi connectivity index (χ2n) is 5.55. The smallest absolute Gasteiger partial charge is 0.274 e. The number of hydrogen-bond donors (Lipinski definition) is 3. The first kappa shape index (κ1) is 15.2. The van der Waals surface area contributed by atoms with Crippen molar-refractivity contribution in [1.29, 1.82) is 0 Å². The third-order valence-electron chi connectivity index (χ3n) is 3.41. The summed E-state index contributed by atoms with van der Waals surface area (Å²) in [7, 11) is 0. The van der Waals surface area contributed by atoms with Gasteiger partial charge in [0.1, 0.15) is 5.76 Å². The molecule has 2 aromatic rings. The molecule has 4 N–H and O–H groups in total. The van der Waals surface area contributed by atoms with Crippen LogP contribution in [-0.4, -0.2) is 22.1 Å². The van der Waals surface area contributed by atoms with Gasteiger partial charge in [0.25, 0.3) is 5.91 Å². The monoisotopic (exact) mass is 290 g/mol. The van der Waals surface area contributed by atoms with Crippen LogP contribution in [0, 0.1) is 0 Å². The van der Waals surface area contributed by atoms with Gasteiger partial charge in [-0.25, -0.2) is 0 Å². The number of rotatable bonds is 6. The summed E-state index contributed by atoms with van der Waals surface area (Å²) in [6, 6.07) is 3.80. The Morgan fingerprint density at radius 1 is 1.48 bits per heavy atom. The van der Waals surface area contributed by atoms with Gasteiger partial charge in [-0.1, -0.05) is 13.8 Å². The maximum atomic E-state index is 12.2. The molecular weight excluding hydrogens is 268 g/mol. The van der Waals surface area contributed by atoms with Crippen LogP contribution in [0.2, 0.25) is 0 Å². The van der Waals surface area contributed by atoms with Gasteiger partial charge in [-0.3, -0.25) is 9.89 Å². The highest BCUT2D eigenvalue weighted by Gasteiger charge is 2.20. The number of nitrogens with one attached hydrogen (secondary N) is 2. The number of nitrogens with zero attached hydrogens (tertiary/aromatic N) is 1. The second-order valence-corrected chi connectivity index (χ2v) is 5.55. The van der Waals surface area contributed by atoms with Gasteiger partial charge in [0, 0.05) is 12.5 Å². The molecule has 2 aromatic heterocycles. The van der Waals surface area contributed by atoms with Crippen LogP contribution >= 0.6 is 0 Å². The van der Waals surface area contributed by atoms with Crippen LogP contribution < -0.4 is 11.1 Å². The summed E-state index contributed by atoms with van der Waals surface area (Å²) in [6.45, 7) is 5.95. The Balaban J connectivity index is 1.91. The number of nitrogens with two attached hydrogens (primary N) is 1. The van der Waals surface area contributed by atoms with E-state index in [1.807, 2.05) is 32.9 Å². The van der Waals surface area contributed by atoms with Crippen molar-refractivity contribution in [2.75, 3.05) is 5.73 Å². The normalized spacial score (nSPS) is 12.6. The molecule has 114 valence electrons. The quantitative estimate of drug-likeness (QED) is 0.761. The van der Waals surface area contributed by atoms with Crippen molar-refractivity contribution in [2.24, 2.45) is 0 Å². The van der Waals surface area contributed by atoms with Gasteiger partial charge in [-0.2, -0.15) is 5.10 Å². The maximum absolute atomic E-state index is 12.2. The van der Waals surface area contributed by atoms with E-state index in [1.54, 1.807) is 6.26 Å². The zero-order valence-corrected chi connectivity index (χ0v) is 12.6. The largest absolute Gasteiger partial charge is 0.469 e. The Morgan fingerprint density at radius 2 is 2.24 bits per heavy atom. The molecule has 0 spiro atoms. The zero-order valence-electron chi connectivity index (χ0n) is 12.6. The fraction of sp³-hybridized carbons (Fsp3) is 0.467. The van der Waals surface area contributed by atoms with Crippen molar-refractivity contribution in [1.82, 2.24) is 15.5 Å². The predicted molar refractivity (Wildman–Crippen MR) is 81.0 cm³/mol. The van der Waals surface area contributed by atoms with E-state index in [0.717, 1.165) is 24.3 Å². The summed E-state index contributed by atoms with van der Waals surface area (Å²) in [4.78, 5) is 12.2. The van der Waals surface area contributed by atoms with Crippen LogP contribution in [-0.2, 0) is 6.42 Å². The minimum absolute atomic E-state index is 0.0150. The molecule has 6 heteroatoms. The maximum Gasteiger partial charge on any atom is 0.274 e. The van der Waals surface area contributed by atoms with Crippen molar-refractivity contribution >= 4 is 11.6 Å². The van der Waals surface area contributed by atoms with Gasteiger partial charge >= 0.3 is 0 Å². The number of furan rings is 1. The number of amides is 1. The van der Waals surface area contributed by atoms with E-state index in [9.17, 15) is 4.79 Å². The van der Waals surface area contributed by atoms with Crippen LogP contribution in [0.5, 0.6) is 0 Å². The average molecular weight is 290 g/mol. The van der Waals surface area contributed by atoms with E-state index in [4.69, 9.17) is 10.2 Å². The third-order valence-corrected chi connectivity index (χ3v) is 3.41. The molecule has 2 rings (SSSR count). The molecule has 1 atom stereocenters. The van der Waals surface area contributed by atoms with Gasteiger partial charge < -0.3 is 15.5 Å². The second kappa shape index (κ2) is 6.47. The van der Waals surface area contributed by atoms with Gasteiger partial charge in [-0.05, 0) is 31.4 Å². The first-order chi connectivity index (χ1) is 9.99. The van der Waals surface area contributed by atoms with Crippen LogP contribution in [0.4, 0.5) is 5.69 Å². The number of nitrogen functional groups attached to an aromatic ring is 1. The van der Waals surface area contributed by atoms with E-state index in [-0.39, 0.29) is 23.6 Å². The number of carbonyl (C=O) groups excluding carboxylic acids is 1. The molecule has 0 aliphatic heterocycles. The van der Waals surface area contributed by atoms with Crippen LogP contribution in [0.3, 0.4) is 0 Å². The average Bonchev–Trinajstić information content (AvgIpc) is 3.05. The Labute approximate surface area is 124 Å². The van der Waals surface area contributed by atoms with Crippen molar-refractivity contribution in [3.63, 3.8) is 0 Å². The van der Waals surface area contributed by atoms with Crippen molar-refractivity contribution < 1.29 is 9.21 Å². The lowest BCUT2D eigenvalue weighted by Gasteiger charge is -2.12. The molecule has 0 saturated carbocycles. The van der Waals surface area contributed by atoms with E-state index in [1.165, 1.54) is 0 Å². The van der Waals surface area contributed by atoms with E-state index in [2.05, 4.69) is 15.5 Å². The molecule has 21 heavy (non-hydrogen) atoms. The van der Waals surface area contributed by atoms with Crippen molar-refractivity contribution in [3.05, 3.63) is 35.5 Å². The molecule has 6 nitrogen and oxygen atoms in total. The lowest BCUT2D eigenvalue weighted by molar-refractivity contribution is 0.0934. The van der Waals surface area contributed by atoms with Gasteiger partial charge in [-0.15, -0.1) is 0 Å². The highest BCUT2D eigenvalue weighted by atomic mass is 16.3. The van der Waals surface area contributed by atoms with Crippen LogP contribution in [0.1, 0.15) is 55.1 Å². The van der Waals surface area contributed by atoms with Gasteiger partial charge in [0.2, 0.25) is 0 Å². The molecule has 0 radical (unpaired) electrons. The molecule has 1 amide bonds. The van der Waals surface area contributed by atoms with Crippen LogP contribution in [0.25, 0.3) is 0 Å². The summed E-state index contributed by atoms with van der Waals surface area (Å²) in [5, 5.41) is 9.76. The lowest BCUT2D eigenvalue weighted by atomic mass is 10.1. The van der Waals surface area contributed by atoms with Crippen molar-refractivity contribution in [2.45, 2.75) is 45.6 Å². The topological polar surface area (TPSA) is 96.9 Å². The molecular formula is C15H22N4O2. The van der Waals surface area contributed by atoms with Crippen LogP contribution in [0.15, 0.2) is 22.8 Å². The SMILES string of the molecule is CC(CCc1ccco1)NC(=O)c1n[nH]c(C(C)C)c1N. The number of aromatic nitrogens is 2. The Morgan fingerprint density at radius 3 is 2.81 bits per heavy atom. The van der Waals surface area contributed by atoms with Gasteiger partial charge in [0.05, 0.1) is 17.6 Å². The minimum Gasteiger partial charge on any atom is -0.469 e. The minimum atomic E-state index is -0.248. The molecule has 0 aliphatic rings. The number of anilines is 1. The summed E-state index contributed by atoms with van der Waals surface area (Å²) >= 11 is 0. The van der Waals surface area contributed by atoms with E-state index in [0.29, 0.717) is 5.69 Å². The number of aromatic amines is 1. The fourth-order valence-corrected chi connectivity index (χ4v) is 2.16. The van der Waals surface area contributed by atoms with E-state index >= 15 is 0 Å². The van der Waals surface area contributed by atoms with Crippen molar-refractivity contribution in [3.8, 4) is 0 Å². The number of hydrogen-bond acceptors (Lipinski definition) is 4. The molecule has 0 aromatic carbocycles. The fourth-order valence-electron chi connectivity index (χ4n) is 2.16. The first-order valence-corrected chi connectivity index (χ1v) is 7.16. The summed E-state index contributed by atoms with van der Waals surface area (Å²) in [5.74, 6) is 0.871. The number of aryl methyl sites for hydroxylation is 1. The zero-order chi connectivity index (χ0) is 15.4. The van der Waals surface area contributed by atoms with Gasteiger partial charge in [0.15, 0.2) is 5.69 Å². The molecule has 0 saturated heterocycles. The number of H-pyrrole nitrogens is 1. The first-order valence-electron chi connectivity index (χ1n) is 7.16. The summed E-state index contributed by atoms with van der Waals surface area (Å²) in [6.07, 6.45) is 3.22. The Hall–Kier alpha value is -2.24. The predicted octanol–water partition coefficient (Wildman–Crippen LogP) is 2.46. The summed E-state index contributed by atoms with van der Waals surface area (Å²) in [5.41, 5.74) is 7.46. The standard InChI is InChI=1S/C15H22N4O2/c1-9(2)13-12(16)14(19-18-13)15(20)17-10(3)6-7-11-5-4-8-21-11/h4-5,8-10H,6-7,16H2,1-3H3,(H,17,20)(H,18,19). The highest BCUT2D eigenvalue weighted by molar-refractivity contribution is 5.97. The molecule has 1 unspecified atom stereocenters. The molecule has 0 fully saturated rings.